The number of hydrogen-bond acceptors (Lipinski definition) is 6. The molecule has 2 rings (SSSR count). The van der Waals surface area contributed by atoms with Gasteiger partial charge in [-0.3, -0.25) is 4.98 Å². The quantitative estimate of drug-likeness (QED) is 0.736. The highest BCUT2D eigenvalue weighted by molar-refractivity contribution is 5.85. The molecule has 0 N–H and O–H groups in total. The Morgan fingerprint density at radius 1 is 1.44 bits per heavy atom. The fourth-order valence-corrected chi connectivity index (χ4v) is 1.49. The van der Waals surface area contributed by atoms with E-state index in [0.29, 0.717) is 6.54 Å². The van der Waals surface area contributed by atoms with Crippen molar-refractivity contribution in [1.82, 2.24) is 25.2 Å². The monoisotopic (exact) mass is 247 g/mol. The maximum Gasteiger partial charge on any atom is 0.378 e. The molecule has 0 aliphatic rings. The number of ether oxygens (including phenoxy) is 1. The first-order valence-corrected chi connectivity index (χ1v) is 5.56. The van der Waals surface area contributed by atoms with Gasteiger partial charge in [0.2, 0.25) is 0 Å². The summed E-state index contributed by atoms with van der Waals surface area (Å²) in [5.41, 5.74) is 1.69. The van der Waals surface area contributed by atoms with Gasteiger partial charge in [-0.1, -0.05) is 6.07 Å². The minimum absolute atomic E-state index is 0.0835. The summed E-state index contributed by atoms with van der Waals surface area (Å²) in [5, 5.41) is 10.9. The third-order valence-corrected chi connectivity index (χ3v) is 2.25. The molecule has 7 heteroatoms. The van der Waals surface area contributed by atoms with Gasteiger partial charge in [0, 0.05) is 5.69 Å². The van der Waals surface area contributed by atoms with Crippen LogP contribution in [-0.4, -0.2) is 37.8 Å². The van der Waals surface area contributed by atoms with Gasteiger partial charge in [0.25, 0.3) is 5.82 Å². The molecule has 0 aromatic carbocycles. The first kappa shape index (κ1) is 12.2. The highest BCUT2D eigenvalue weighted by Gasteiger charge is 2.16. The molecule has 0 aliphatic carbocycles. The lowest BCUT2D eigenvalue weighted by Crippen LogP contribution is -2.15. The largest absolute Gasteiger partial charge is 0.460 e. The van der Waals surface area contributed by atoms with Crippen molar-refractivity contribution in [2.24, 2.45) is 0 Å². The minimum atomic E-state index is -0.532. The van der Waals surface area contributed by atoms with E-state index < -0.39 is 5.97 Å². The SMILES string of the molecule is CCOC(=O)c1nnnn1Cc1cccc(C)n1. The first-order valence-electron chi connectivity index (χ1n) is 5.56. The number of carbonyl (C=O) groups is 1. The van der Waals surface area contributed by atoms with Crippen LogP contribution >= 0.6 is 0 Å². The van der Waals surface area contributed by atoms with Gasteiger partial charge < -0.3 is 4.74 Å². The third-order valence-electron chi connectivity index (χ3n) is 2.25. The summed E-state index contributed by atoms with van der Waals surface area (Å²) in [6, 6.07) is 5.64. The second-order valence-corrected chi connectivity index (χ2v) is 3.65. The highest BCUT2D eigenvalue weighted by Crippen LogP contribution is 2.03. The molecular weight excluding hydrogens is 234 g/mol. The normalized spacial score (nSPS) is 10.3. The van der Waals surface area contributed by atoms with Crippen molar-refractivity contribution >= 4 is 5.97 Å². The zero-order chi connectivity index (χ0) is 13.0. The van der Waals surface area contributed by atoms with Crippen LogP contribution in [0.1, 0.15) is 28.9 Å². The second kappa shape index (κ2) is 5.35. The van der Waals surface area contributed by atoms with Gasteiger partial charge in [0.05, 0.1) is 18.8 Å². The Kier molecular flexibility index (Phi) is 3.61. The molecule has 0 unspecified atom stereocenters. The van der Waals surface area contributed by atoms with Gasteiger partial charge in [-0.05, 0) is 36.4 Å². The van der Waals surface area contributed by atoms with E-state index in [1.54, 1.807) is 6.92 Å². The lowest BCUT2D eigenvalue weighted by atomic mass is 10.3. The lowest BCUT2D eigenvalue weighted by molar-refractivity contribution is 0.0505. The molecule has 0 aliphatic heterocycles. The Labute approximate surface area is 104 Å². The Balaban J connectivity index is 2.20. The number of carbonyl (C=O) groups excluding carboxylic acids is 1. The van der Waals surface area contributed by atoms with Crippen LogP contribution < -0.4 is 0 Å². The molecule has 0 radical (unpaired) electrons. The topological polar surface area (TPSA) is 82.8 Å². The summed E-state index contributed by atoms with van der Waals surface area (Å²) in [4.78, 5) is 15.9. The Morgan fingerprint density at radius 2 is 2.28 bits per heavy atom. The van der Waals surface area contributed by atoms with Crippen LogP contribution in [-0.2, 0) is 11.3 Å². The summed E-state index contributed by atoms with van der Waals surface area (Å²) < 4.78 is 6.24. The average molecular weight is 247 g/mol. The van der Waals surface area contributed by atoms with E-state index in [1.165, 1.54) is 4.68 Å². The summed E-state index contributed by atoms with van der Waals surface area (Å²) >= 11 is 0. The van der Waals surface area contributed by atoms with Crippen molar-refractivity contribution in [2.45, 2.75) is 20.4 Å². The van der Waals surface area contributed by atoms with E-state index in [4.69, 9.17) is 4.74 Å². The molecule has 2 aromatic heterocycles. The minimum Gasteiger partial charge on any atom is -0.460 e. The van der Waals surface area contributed by atoms with E-state index in [-0.39, 0.29) is 12.4 Å². The van der Waals surface area contributed by atoms with Gasteiger partial charge in [-0.25, -0.2) is 9.48 Å². The second-order valence-electron chi connectivity index (χ2n) is 3.65. The summed E-state index contributed by atoms with van der Waals surface area (Å²) in [6.07, 6.45) is 0. The molecule has 0 spiro atoms. The molecule has 94 valence electrons. The standard InChI is InChI=1S/C11H13N5O2/c1-3-18-11(17)10-13-14-15-16(10)7-9-6-4-5-8(2)12-9/h4-6H,3,7H2,1-2H3. The Morgan fingerprint density at radius 3 is 3.00 bits per heavy atom. The van der Waals surface area contributed by atoms with Crippen LogP contribution in [0.3, 0.4) is 0 Å². The molecule has 2 aromatic rings. The number of pyridine rings is 1. The molecule has 2 heterocycles. The maximum atomic E-state index is 11.6. The number of esters is 1. The lowest BCUT2D eigenvalue weighted by Gasteiger charge is -2.04. The van der Waals surface area contributed by atoms with Crippen LogP contribution in [0.5, 0.6) is 0 Å². The molecule has 0 atom stereocenters. The number of rotatable bonds is 4. The van der Waals surface area contributed by atoms with Gasteiger partial charge in [-0.2, -0.15) is 0 Å². The summed E-state index contributed by atoms with van der Waals surface area (Å²) in [6.45, 7) is 4.25. The van der Waals surface area contributed by atoms with E-state index in [1.807, 2.05) is 25.1 Å². The molecule has 0 bridgehead atoms. The van der Waals surface area contributed by atoms with Crippen LogP contribution in [0.4, 0.5) is 0 Å². The number of hydrogen-bond donors (Lipinski definition) is 0. The van der Waals surface area contributed by atoms with Crippen molar-refractivity contribution < 1.29 is 9.53 Å². The van der Waals surface area contributed by atoms with E-state index in [2.05, 4.69) is 20.5 Å². The molecule has 7 nitrogen and oxygen atoms in total. The van der Waals surface area contributed by atoms with Crippen molar-refractivity contribution in [3.05, 3.63) is 35.4 Å². The van der Waals surface area contributed by atoms with E-state index in [0.717, 1.165) is 11.4 Å². The van der Waals surface area contributed by atoms with Gasteiger partial charge in [-0.15, -0.1) is 5.10 Å². The van der Waals surface area contributed by atoms with Crippen molar-refractivity contribution in [3.63, 3.8) is 0 Å². The number of aryl methyl sites for hydroxylation is 1. The summed E-state index contributed by atoms with van der Waals surface area (Å²) in [5.74, 6) is -0.449. The van der Waals surface area contributed by atoms with Crippen LogP contribution in [0.25, 0.3) is 0 Å². The van der Waals surface area contributed by atoms with Gasteiger partial charge in [0.1, 0.15) is 0 Å². The highest BCUT2D eigenvalue weighted by atomic mass is 16.5. The predicted octanol–water partition coefficient (Wildman–Crippen LogP) is 0.602. The van der Waals surface area contributed by atoms with Crippen LogP contribution in [0.2, 0.25) is 0 Å². The molecule has 0 saturated heterocycles. The first-order chi connectivity index (χ1) is 8.70. The maximum absolute atomic E-state index is 11.6. The van der Waals surface area contributed by atoms with Crippen LogP contribution in [0, 0.1) is 6.92 Å². The predicted molar refractivity (Wildman–Crippen MR) is 61.8 cm³/mol. The Hall–Kier alpha value is -2.31. The molecule has 0 saturated carbocycles. The van der Waals surface area contributed by atoms with Crippen molar-refractivity contribution in [3.8, 4) is 0 Å². The van der Waals surface area contributed by atoms with Crippen LogP contribution in [0.15, 0.2) is 18.2 Å². The zero-order valence-electron chi connectivity index (χ0n) is 10.2. The molecule has 0 fully saturated rings. The Bertz CT molecular complexity index is 552. The zero-order valence-corrected chi connectivity index (χ0v) is 10.2. The fraction of sp³-hybridized carbons (Fsp3) is 0.364. The molecule has 0 amide bonds. The van der Waals surface area contributed by atoms with Crippen molar-refractivity contribution in [2.75, 3.05) is 6.61 Å². The smallest absolute Gasteiger partial charge is 0.378 e. The van der Waals surface area contributed by atoms with Gasteiger partial charge >= 0.3 is 5.97 Å². The fourth-order valence-electron chi connectivity index (χ4n) is 1.49. The van der Waals surface area contributed by atoms with E-state index in [9.17, 15) is 4.79 Å². The summed E-state index contributed by atoms with van der Waals surface area (Å²) in [7, 11) is 0. The number of tetrazole rings is 1. The van der Waals surface area contributed by atoms with Crippen molar-refractivity contribution in [1.29, 1.82) is 0 Å². The third kappa shape index (κ3) is 2.68. The van der Waals surface area contributed by atoms with Gasteiger partial charge in [0.15, 0.2) is 0 Å². The number of aromatic nitrogens is 5. The average Bonchev–Trinajstić information content (AvgIpc) is 2.77. The molecular formula is C11H13N5O2. The number of nitrogens with zero attached hydrogens (tertiary/aromatic N) is 5. The molecule has 18 heavy (non-hydrogen) atoms. The van der Waals surface area contributed by atoms with E-state index >= 15 is 0 Å².